The van der Waals surface area contributed by atoms with E-state index in [-0.39, 0.29) is 17.8 Å². The van der Waals surface area contributed by atoms with Gasteiger partial charge in [-0.15, -0.1) is 0 Å². The minimum absolute atomic E-state index is 0.124. The van der Waals surface area contributed by atoms with Crippen molar-refractivity contribution in [3.05, 3.63) is 35.3 Å². The van der Waals surface area contributed by atoms with Crippen LogP contribution in [-0.2, 0) is 12.0 Å². The summed E-state index contributed by atoms with van der Waals surface area (Å²) >= 11 is 0. The van der Waals surface area contributed by atoms with Crippen LogP contribution < -0.4 is 0 Å². The minimum atomic E-state index is -0.823. The molecule has 1 aromatic heterocycles. The second kappa shape index (κ2) is 4.57. The largest absolute Gasteiger partial charge is 0.394 e. The van der Waals surface area contributed by atoms with Crippen molar-refractivity contribution < 1.29 is 14.6 Å². The van der Waals surface area contributed by atoms with Gasteiger partial charge >= 0.3 is 0 Å². The van der Waals surface area contributed by atoms with Gasteiger partial charge in [0.2, 0.25) is 0 Å². The number of rotatable bonds is 4. The van der Waals surface area contributed by atoms with Gasteiger partial charge in [-0.05, 0) is 43.5 Å². The van der Waals surface area contributed by atoms with Crippen LogP contribution in [0.1, 0.15) is 31.0 Å². The number of halogens is 1. The first-order chi connectivity index (χ1) is 9.44. The standard InChI is InChI=1S/C16H20FNO2/c1-10-5-11-6-15(16(2)3-4-16)18(8-12(20)9-19)14(11)7-13(10)17/h5-7,12,19-20H,3-4,8-9H2,1-2H3/t12-/m1/s1. The number of fused-ring (bicyclic) bond motifs is 1. The molecule has 0 amide bonds. The first-order valence-corrected chi connectivity index (χ1v) is 7.03. The lowest BCUT2D eigenvalue weighted by Crippen LogP contribution is -2.22. The Morgan fingerprint density at radius 1 is 1.35 bits per heavy atom. The van der Waals surface area contributed by atoms with Crippen molar-refractivity contribution in [1.29, 1.82) is 0 Å². The molecule has 108 valence electrons. The van der Waals surface area contributed by atoms with E-state index in [2.05, 4.69) is 13.0 Å². The van der Waals surface area contributed by atoms with E-state index in [1.807, 2.05) is 10.6 Å². The first-order valence-electron chi connectivity index (χ1n) is 7.03. The lowest BCUT2D eigenvalue weighted by atomic mass is 10.1. The quantitative estimate of drug-likeness (QED) is 0.902. The van der Waals surface area contributed by atoms with Gasteiger partial charge in [0, 0.05) is 16.5 Å². The molecule has 2 aromatic rings. The van der Waals surface area contributed by atoms with E-state index in [4.69, 9.17) is 5.11 Å². The molecule has 3 nitrogen and oxygen atoms in total. The van der Waals surface area contributed by atoms with Crippen molar-refractivity contribution in [2.24, 2.45) is 0 Å². The van der Waals surface area contributed by atoms with Crippen LogP contribution in [0, 0.1) is 12.7 Å². The lowest BCUT2D eigenvalue weighted by Gasteiger charge is -2.17. The normalized spacial score (nSPS) is 18.4. The van der Waals surface area contributed by atoms with Crippen molar-refractivity contribution in [3.8, 4) is 0 Å². The third-order valence-corrected chi connectivity index (χ3v) is 4.40. The summed E-state index contributed by atoms with van der Waals surface area (Å²) < 4.78 is 15.8. The van der Waals surface area contributed by atoms with Crippen LogP contribution in [0.15, 0.2) is 18.2 Å². The van der Waals surface area contributed by atoms with Crippen molar-refractivity contribution >= 4 is 10.9 Å². The molecule has 0 aliphatic heterocycles. The Kier molecular flexibility index (Phi) is 3.10. The highest BCUT2D eigenvalue weighted by atomic mass is 19.1. The predicted molar refractivity (Wildman–Crippen MR) is 76.3 cm³/mol. The molecule has 3 rings (SSSR count). The maximum Gasteiger partial charge on any atom is 0.128 e. The van der Waals surface area contributed by atoms with Gasteiger partial charge in [0.05, 0.1) is 24.8 Å². The number of hydrogen-bond acceptors (Lipinski definition) is 2. The second-order valence-corrected chi connectivity index (χ2v) is 6.20. The van der Waals surface area contributed by atoms with Gasteiger partial charge < -0.3 is 14.8 Å². The Balaban J connectivity index is 2.18. The molecular weight excluding hydrogens is 257 g/mol. The van der Waals surface area contributed by atoms with E-state index in [0.717, 1.165) is 29.4 Å². The van der Waals surface area contributed by atoms with Gasteiger partial charge in [0.25, 0.3) is 0 Å². The Labute approximate surface area is 117 Å². The third-order valence-electron chi connectivity index (χ3n) is 4.40. The van der Waals surface area contributed by atoms with Gasteiger partial charge in [-0.25, -0.2) is 4.39 Å². The maximum absolute atomic E-state index is 13.8. The number of aromatic nitrogens is 1. The second-order valence-electron chi connectivity index (χ2n) is 6.20. The van der Waals surface area contributed by atoms with Crippen molar-refractivity contribution in [2.45, 2.75) is 44.8 Å². The van der Waals surface area contributed by atoms with Crippen LogP contribution >= 0.6 is 0 Å². The summed E-state index contributed by atoms with van der Waals surface area (Å²) in [4.78, 5) is 0. The van der Waals surface area contributed by atoms with E-state index in [1.165, 1.54) is 6.07 Å². The average Bonchev–Trinajstić information content (AvgIpc) is 3.07. The van der Waals surface area contributed by atoms with E-state index < -0.39 is 6.10 Å². The number of nitrogens with zero attached hydrogens (tertiary/aromatic N) is 1. The Bertz CT molecular complexity index is 658. The maximum atomic E-state index is 13.8. The first kappa shape index (κ1) is 13.6. The molecule has 4 heteroatoms. The fourth-order valence-corrected chi connectivity index (χ4v) is 2.81. The molecule has 1 heterocycles. The van der Waals surface area contributed by atoms with Gasteiger partial charge in [-0.2, -0.15) is 0 Å². The summed E-state index contributed by atoms with van der Waals surface area (Å²) in [5, 5.41) is 19.8. The zero-order chi connectivity index (χ0) is 14.5. The van der Waals surface area contributed by atoms with E-state index >= 15 is 0 Å². The molecular formula is C16H20FNO2. The number of aliphatic hydroxyl groups excluding tert-OH is 2. The van der Waals surface area contributed by atoms with Gasteiger partial charge in [-0.3, -0.25) is 0 Å². The zero-order valence-electron chi connectivity index (χ0n) is 11.9. The average molecular weight is 277 g/mol. The third kappa shape index (κ3) is 2.13. The van der Waals surface area contributed by atoms with Crippen LogP contribution in [0.25, 0.3) is 10.9 Å². The number of aliphatic hydroxyl groups is 2. The van der Waals surface area contributed by atoms with Crippen LogP contribution in [0.2, 0.25) is 0 Å². The molecule has 0 spiro atoms. The van der Waals surface area contributed by atoms with Crippen molar-refractivity contribution in [3.63, 3.8) is 0 Å². The molecule has 1 aromatic carbocycles. The number of hydrogen-bond donors (Lipinski definition) is 2. The van der Waals surface area contributed by atoms with Gasteiger partial charge in [0.1, 0.15) is 5.82 Å². The molecule has 20 heavy (non-hydrogen) atoms. The summed E-state index contributed by atoms with van der Waals surface area (Å²) in [5.74, 6) is -0.233. The summed E-state index contributed by atoms with van der Waals surface area (Å²) in [5.41, 5.74) is 2.68. The lowest BCUT2D eigenvalue weighted by molar-refractivity contribution is 0.0813. The van der Waals surface area contributed by atoms with Crippen LogP contribution in [-0.4, -0.2) is 27.5 Å². The summed E-state index contributed by atoms with van der Waals surface area (Å²) in [7, 11) is 0. The monoisotopic (exact) mass is 277 g/mol. The molecule has 0 unspecified atom stereocenters. The van der Waals surface area contributed by atoms with Gasteiger partial charge in [-0.1, -0.05) is 6.92 Å². The van der Waals surface area contributed by atoms with Crippen LogP contribution in [0.4, 0.5) is 4.39 Å². The molecule has 0 saturated heterocycles. The van der Waals surface area contributed by atoms with Gasteiger partial charge in [0.15, 0.2) is 0 Å². The Morgan fingerprint density at radius 2 is 2.05 bits per heavy atom. The highest BCUT2D eigenvalue weighted by molar-refractivity contribution is 5.83. The highest BCUT2D eigenvalue weighted by Crippen LogP contribution is 2.49. The van der Waals surface area contributed by atoms with Crippen molar-refractivity contribution in [1.82, 2.24) is 4.57 Å². The SMILES string of the molecule is Cc1cc2cc(C3(C)CC3)n(C[C@@H](O)CO)c2cc1F. The summed E-state index contributed by atoms with van der Waals surface area (Å²) in [6.45, 7) is 3.96. The van der Waals surface area contributed by atoms with E-state index in [0.29, 0.717) is 12.1 Å². The highest BCUT2D eigenvalue weighted by Gasteiger charge is 2.42. The van der Waals surface area contributed by atoms with E-state index in [1.54, 1.807) is 6.92 Å². The molecule has 0 radical (unpaired) electrons. The summed E-state index contributed by atoms with van der Waals surface area (Å²) in [6, 6.07) is 5.48. The zero-order valence-corrected chi connectivity index (χ0v) is 11.9. The Morgan fingerprint density at radius 3 is 2.65 bits per heavy atom. The number of benzene rings is 1. The van der Waals surface area contributed by atoms with Crippen molar-refractivity contribution in [2.75, 3.05) is 6.61 Å². The molecule has 2 N–H and O–H groups in total. The van der Waals surface area contributed by atoms with Crippen LogP contribution in [0.5, 0.6) is 0 Å². The smallest absolute Gasteiger partial charge is 0.128 e. The Hall–Kier alpha value is -1.39. The molecule has 1 aliphatic carbocycles. The fourth-order valence-electron chi connectivity index (χ4n) is 2.81. The molecule has 0 bridgehead atoms. The van der Waals surface area contributed by atoms with E-state index in [9.17, 15) is 9.50 Å². The summed E-state index contributed by atoms with van der Waals surface area (Å²) in [6.07, 6.45) is 1.40. The molecule has 1 fully saturated rings. The topological polar surface area (TPSA) is 45.4 Å². The molecule has 1 atom stereocenters. The fraction of sp³-hybridized carbons (Fsp3) is 0.500. The minimum Gasteiger partial charge on any atom is -0.394 e. The molecule has 1 saturated carbocycles. The van der Waals surface area contributed by atoms with Crippen LogP contribution in [0.3, 0.4) is 0 Å². The predicted octanol–water partition coefficient (Wildman–Crippen LogP) is 2.49. The number of aryl methyl sites for hydroxylation is 1. The molecule has 1 aliphatic rings.